The van der Waals surface area contributed by atoms with Crippen LogP contribution >= 0.6 is 0 Å². The van der Waals surface area contributed by atoms with E-state index < -0.39 is 42.1 Å². The van der Waals surface area contributed by atoms with Crippen LogP contribution in [0.1, 0.15) is 18.0 Å². The molecule has 1 aliphatic rings. The Bertz CT molecular complexity index is 1270. The Morgan fingerprint density at radius 2 is 1.74 bits per heavy atom. The summed E-state index contributed by atoms with van der Waals surface area (Å²) < 4.78 is 6.08. The number of nitrogens with zero attached hydrogens (tertiary/aromatic N) is 2. The van der Waals surface area contributed by atoms with Gasteiger partial charge in [-0.3, -0.25) is 9.36 Å². The Labute approximate surface area is 201 Å². The Balaban J connectivity index is 1.56. The number of fused-ring (bicyclic) bond motifs is 1. The first-order chi connectivity index (χ1) is 16.8. The lowest BCUT2D eigenvalue weighted by Crippen LogP contribution is -2.49. The third-order valence-corrected chi connectivity index (χ3v) is 5.94. The lowest BCUT2D eigenvalue weighted by molar-refractivity contribution is -0.145. The SMILES string of the molecule is COC(=O)[C@@H](NC(=O)[C@@H]1C[C@H](N)CN1C(=O)Nc1cn(C(N)=O)c2ccccc12)c1ccccc1. The Morgan fingerprint density at radius 1 is 1.06 bits per heavy atom. The largest absolute Gasteiger partial charge is 0.467 e. The zero-order chi connectivity index (χ0) is 25.1. The van der Waals surface area contributed by atoms with E-state index in [2.05, 4.69) is 10.6 Å². The van der Waals surface area contributed by atoms with Gasteiger partial charge in [-0.05, 0) is 18.1 Å². The van der Waals surface area contributed by atoms with Gasteiger partial charge in [-0.25, -0.2) is 14.4 Å². The molecule has 2 aromatic carbocycles. The maximum absolute atomic E-state index is 13.2. The number of amides is 4. The summed E-state index contributed by atoms with van der Waals surface area (Å²) in [6.07, 6.45) is 1.64. The number of benzene rings is 2. The molecule has 0 spiro atoms. The van der Waals surface area contributed by atoms with Gasteiger partial charge >= 0.3 is 18.0 Å². The van der Waals surface area contributed by atoms with Gasteiger partial charge in [0.2, 0.25) is 5.91 Å². The molecule has 3 aromatic rings. The highest BCUT2D eigenvalue weighted by Gasteiger charge is 2.40. The molecule has 3 atom stereocenters. The third-order valence-electron chi connectivity index (χ3n) is 5.94. The number of carbonyl (C=O) groups excluding carboxylic acids is 4. The summed E-state index contributed by atoms with van der Waals surface area (Å²) >= 11 is 0. The lowest BCUT2D eigenvalue weighted by atomic mass is 10.1. The number of aromatic nitrogens is 1. The molecule has 11 heteroatoms. The van der Waals surface area contributed by atoms with Crippen molar-refractivity contribution in [2.45, 2.75) is 24.5 Å². The van der Waals surface area contributed by atoms with Crippen molar-refractivity contribution in [1.29, 1.82) is 0 Å². The van der Waals surface area contributed by atoms with E-state index in [1.165, 1.54) is 22.8 Å². The number of likely N-dealkylation sites (tertiary alicyclic amines) is 1. The number of rotatable bonds is 5. The summed E-state index contributed by atoms with van der Waals surface area (Å²) in [5.74, 6) is -1.17. The van der Waals surface area contributed by atoms with Gasteiger partial charge in [0.1, 0.15) is 6.04 Å². The van der Waals surface area contributed by atoms with Crippen molar-refractivity contribution in [2.24, 2.45) is 11.5 Å². The average molecular weight is 479 g/mol. The Hall–Kier alpha value is -4.38. The molecule has 0 aliphatic carbocycles. The quantitative estimate of drug-likeness (QED) is 0.407. The van der Waals surface area contributed by atoms with Crippen LogP contribution in [0.15, 0.2) is 60.8 Å². The number of nitrogens with one attached hydrogen (secondary N) is 2. The van der Waals surface area contributed by atoms with Crippen molar-refractivity contribution in [1.82, 2.24) is 14.8 Å². The smallest absolute Gasteiger partial charge is 0.333 e. The van der Waals surface area contributed by atoms with E-state index >= 15 is 0 Å². The highest BCUT2D eigenvalue weighted by atomic mass is 16.5. The van der Waals surface area contributed by atoms with E-state index in [0.717, 1.165) is 0 Å². The molecular weight excluding hydrogens is 452 g/mol. The summed E-state index contributed by atoms with van der Waals surface area (Å²) in [5, 5.41) is 6.06. The summed E-state index contributed by atoms with van der Waals surface area (Å²) in [6, 6.07) is 12.0. The fourth-order valence-corrected chi connectivity index (χ4v) is 4.27. The van der Waals surface area contributed by atoms with E-state index in [0.29, 0.717) is 22.2 Å². The minimum absolute atomic E-state index is 0.132. The van der Waals surface area contributed by atoms with E-state index in [9.17, 15) is 19.2 Å². The molecule has 0 radical (unpaired) electrons. The third kappa shape index (κ3) is 4.80. The molecule has 11 nitrogen and oxygen atoms in total. The highest BCUT2D eigenvalue weighted by Crippen LogP contribution is 2.27. The van der Waals surface area contributed by atoms with Gasteiger partial charge in [-0.1, -0.05) is 48.5 Å². The van der Waals surface area contributed by atoms with E-state index in [1.54, 1.807) is 54.6 Å². The number of primary amides is 1. The lowest BCUT2D eigenvalue weighted by Gasteiger charge is -2.26. The van der Waals surface area contributed by atoms with Crippen LogP contribution in [0.4, 0.5) is 15.3 Å². The molecular formula is C24H26N6O5. The standard InChI is InChI=1S/C24H26N6O5/c1-35-22(32)20(14-7-3-2-4-8-14)28-21(31)19-11-15(25)12-30(19)24(34)27-17-13-29(23(26)33)18-10-6-5-9-16(17)18/h2-10,13,15,19-20H,11-12,25H2,1H3,(H2,26,33)(H,27,34)(H,28,31)/t15-,19-,20-/m0/s1. The number of para-hydroxylation sites is 1. The van der Waals surface area contributed by atoms with E-state index in [1.807, 2.05) is 0 Å². The number of carbonyl (C=O) groups is 4. The van der Waals surface area contributed by atoms with Gasteiger partial charge in [0, 0.05) is 24.2 Å². The molecule has 0 bridgehead atoms. The van der Waals surface area contributed by atoms with Crippen molar-refractivity contribution in [3.8, 4) is 0 Å². The van der Waals surface area contributed by atoms with Crippen molar-refractivity contribution >= 4 is 40.5 Å². The molecule has 4 rings (SSSR count). The summed E-state index contributed by atoms with van der Waals surface area (Å²) in [7, 11) is 1.23. The highest BCUT2D eigenvalue weighted by molar-refractivity contribution is 6.05. The average Bonchev–Trinajstić information content (AvgIpc) is 3.43. The van der Waals surface area contributed by atoms with Gasteiger partial charge in [0.15, 0.2) is 6.04 Å². The molecule has 0 saturated carbocycles. The van der Waals surface area contributed by atoms with Crippen LogP contribution in [0.5, 0.6) is 0 Å². The van der Waals surface area contributed by atoms with Crippen LogP contribution < -0.4 is 22.1 Å². The summed E-state index contributed by atoms with van der Waals surface area (Å²) in [5.41, 5.74) is 13.0. The minimum atomic E-state index is -1.04. The zero-order valence-electron chi connectivity index (χ0n) is 19.0. The van der Waals surface area contributed by atoms with Crippen LogP contribution in [0.3, 0.4) is 0 Å². The number of hydrogen-bond acceptors (Lipinski definition) is 6. The predicted molar refractivity (Wildman–Crippen MR) is 128 cm³/mol. The molecule has 35 heavy (non-hydrogen) atoms. The number of methoxy groups -OCH3 is 1. The molecule has 182 valence electrons. The second kappa shape index (κ2) is 9.85. The fourth-order valence-electron chi connectivity index (χ4n) is 4.27. The molecule has 4 amide bonds. The van der Waals surface area contributed by atoms with Crippen LogP contribution in [-0.2, 0) is 14.3 Å². The minimum Gasteiger partial charge on any atom is -0.467 e. The number of ether oxygens (including phenoxy) is 1. The first kappa shape index (κ1) is 23.8. The summed E-state index contributed by atoms with van der Waals surface area (Å²) in [6.45, 7) is 0.132. The van der Waals surface area contributed by atoms with Crippen LogP contribution in [0.25, 0.3) is 10.9 Å². The number of hydrogen-bond donors (Lipinski definition) is 4. The van der Waals surface area contributed by atoms with Crippen LogP contribution in [0.2, 0.25) is 0 Å². The monoisotopic (exact) mass is 478 g/mol. The molecule has 6 N–H and O–H groups in total. The van der Waals surface area contributed by atoms with Gasteiger partial charge in [0.05, 0.1) is 18.3 Å². The topological polar surface area (TPSA) is 162 Å². The van der Waals surface area contributed by atoms with Crippen molar-refractivity contribution < 1.29 is 23.9 Å². The molecule has 2 heterocycles. The van der Waals surface area contributed by atoms with Crippen LogP contribution in [0, 0.1) is 0 Å². The molecule has 0 unspecified atom stereocenters. The fraction of sp³-hybridized carbons (Fsp3) is 0.250. The molecule has 1 saturated heterocycles. The van der Waals surface area contributed by atoms with Gasteiger partial charge in [-0.15, -0.1) is 0 Å². The van der Waals surface area contributed by atoms with Crippen molar-refractivity contribution in [2.75, 3.05) is 19.0 Å². The predicted octanol–water partition coefficient (Wildman–Crippen LogP) is 1.53. The maximum Gasteiger partial charge on any atom is 0.333 e. The number of anilines is 1. The van der Waals surface area contributed by atoms with E-state index in [4.69, 9.17) is 16.2 Å². The van der Waals surface area contributed by atoms with E-state index in [-0.39, 0.29) is 13.0 Å². The first-order valence-electron chi connectivity index (χ1n) is 11.0. The maximum atomic E-state index is 13.2. The first-order valence-corrected chi connectivity index (χ1v) is 11.0. The van der Waals surface area contributed by atoms with Crippen molar-refractivity contribution in [3.63, 3.8) is 0 Å². The zero-order valence-corrected chi connectivity index (χ0v) is 19.0. The molecule has 1 fully saturated rings. The van der Waals surface area contributed by atoms with Crippen molar-refractivity contribution in [3.05, 3.63) is 66.4 Å². The molecule has 1 aliphatic heterocycles. The Morgan fingerprint density at radius 3 is 2.43 bits per heavy atom. The second-order valence-corrected chi connectivity index (χ2v) is 8.24. The van der Waals surface area contributed by atoms with Gasteiger partial charge in [-0.2, -0.15) is 0 Å². The van der Waals surface area contributed by atoms with Gasteiger partial charge in [0.25, 0.3) is 0 Å². The van der Waals surface area contributed by atoms with Gasteiger partial charge < -0.3 is 31.7 Å². The summed E-state index contributed by atoms with van der Waals surface area (Å²) in [4.78, 5) is 51.9. The number of esters is 1. The molecule has 1 aromatic heterocycles. The number of nitrogens with two attached hydrogens (primary N) is 2. The Kier molecular flexibility index (Phi) is 6.69. The second-order valence-electron chi connectivity index (χ2n) is 8.24. The van der Waals surface area contributed by atoms with Crippen LogP contribution in [-0.4, -0.2) is 59.1 Å². The number of urea groups is 1. The normalized spacial score (nSPS) is 18.2.